The van der Waals surface area contributed by atoms with Crippen LogP contribution in [0.15, 0.2) is 192 Å². The largest absolute Gasteiger partial charge is 0.456 e. The quantitative estimate of drug-likeness (QED) is 0.178. The normalized spacial score (nSPS) is 11.8. The average Bonchev–Trinajstić information content (AvgIpc) is 3.78. The van der Waals surface area contributed by atoms with E-state index in [-0.39, 0.29) is 0 Å². The van der Waals surface area contributed by atoms with Crippen molar-refractivity contribution in [1.82, 2.24) is 0 Å². The monoisotopic (exact) mass is 693 g/mol. The van der Waals surface area contributed by atoms with E-state index in [0.29, 0.717) is 0 Å². The lowest BCUT2D eigenvalue weighted by molar-refractivity contribution is 0.669. The van der Waals surface area contributed by atoms with Gasteiger partial charge < -0.3 is 9.32 Å². The van der Waals surface area contributed by atoms with Gasteiger partial charge in [-0.2, -0.15) is 0 Å². The maximum Gasteiger partial charge on any atom is 0.136 e. The Labute approximate surface area is 310 Å². The van der Waals surface area contributed by atoms with Gasteiger partial charge in [-0.1, -0.05) is 127 Å². The maximum absolute atomic E-state index is 6.42. The van der Waals surface area contributed by atoms with Crippen molar-refractivity contribution in [2.24, 2.45) is 0 Å². The van der Waals surface area contributed by atoms with E-state index in [9.17, 15) is 0 Å². The van der Waals surface area contributed by atoms with E-state index in [2.05, 4.69) is 193 Å². The first kappa shape index (κ1) is 30.0. The number of furan rings is 1. The minimum Gasteiger partial charge on any atom is -0.456 e. The first-order chi connectivity index (χ1) is 26.2. The molecule has 53 heavy (non-hydrogen) atoms. The van der Waals surface area contributed by atoms with Crippen molar-refractivity contribution < 1.29 is 4.42 Å². The van der Waals surface area contributed by atoms with Gasteiger partial charge in [0.1, 0.15) is 11.2 Å². The second-order valence-corrected chi connectivity index (χ2v) is 14.8. The fraction of sp³-hybridized carbons (Fsp3) is 0. The van der Waals surface area contributed by atoms with Gasteiger partial charge in [-0.3, -0.25) is 0 Å². The molecule has 3 heteroatoms. The molecular weight excluding hydrogens is 663 g/mol. The van der Waals surface area contributed by atoms with E-state index >= 15 is 0 Å². The topological polar surface area (TPSA) is 16.4 Å². The van der Waals surface area contributed by atoms with Gasteiger partial charge in [-0.25, -0.2) is 0 Å². The first-order valence-electron chi connectivity index (χ1n) is 18.0. The van der Waals surface area contributed by atoms with E-state index in [1.54, 1.807) is 0 Å². The Bertz CT molecular complexity index is 3200. The summed E-state index contributed by atoms with van der Waals surface area (Å²) in [5, 5.41) is 9.69. The lowest BCUT2D eigenvalue weighted by Crippen LogP contribution is -2.11. The van der Waals surface area contributed by atoms with Gasteiger partial charge in [0.15, 0.2) is 0 Å². The number of hydrogen-bond donors (Lipinski definition) is 0. The molecule has 9 aromatic carbocycles. The van der Waals surface area contributed by atoms with Crippen molar-refractivity contribution in [2.75, 3.05) is 4.90 Å². The van der Waals surface area contributed by atoms with Crippen molar-refractivity contribution in [2.45, 2.75) is 0 Å². The molecule has 0 aliphatic heterocycles. The molecule has 0 amide bonds. The van der Waals surface area contributed by atoms with Crippen molar-refractivity contribution in [1.29, 1.82) is 0 Å². The summed E-state index contributed by atoms with van der Waals surface area (Å²) in [4.78, 5) is 2.46. The SMILES string of the molecule is c1cc(-c2ccc3ccccc3c2)cc(N(c2ccccc2-c2ccc3oc4cc5ccccc5cc4c3c2)c2cccc3c2sc2ccccc23)c1. The Morgan fingerprint density at radius 3 is 1.94 bits per heavy atom. The van der Waals surface area contributed by atoms with Crippen LogP contribution in [0.2, 0.25) is 0 Å². The number of para-hydroxylation sites is 1. The Morgan fingerprint density at radius 1 is 0.377 bits per heavy atom. The van der Waals surface area contributed by atoms with Gasteiger partial charge in [0.25, 0.3) is 0 Å². The molecule has 0 radical (unpaired) electrons. The molecule has 0 atom stereocenters. The maximum atomic E-state index is 6.42. The summed E-state index contributed by atoms with van der Waals surface area (Å²) in [5.41, 5.74) is 9.86. The number of anilines is 3. The molecule has 0 aliphatic carbocycles. The molecule has 248 valence electrons. The Hall–Kier alpha value is -6.68. The van der Waals surface area contributed by atoms with Crippen LogP contribution < -0.4 is 4.90 Å². The molecule has 0 saturated heterocycles. The first-order valence-corrected chi connectivity index (χ1v) is 18.8. The molecule has 11 aromatic rings. The van der Waals surface area contributed by atoms with E-state index < -0.39 is 0 Å². The molecule has 2 aromatic heterocycles. The van der Waals surface area contributed by atoms with Crippen molar-refractivity contribution in [3.05, 3.63) is 188 Å². The van der Waals surface area contributed by atoms with Crippen LogP contribution in [0.5, 0.6) is 0 Å². The van der Waals surface area contributed by atoms with Crippen LogP contribution >= 0.6 is 11.3 Å². The molecular formula is C50H31NOS. The lowest BCUT2D eigenvalue weighted by atomic mass is 9.98. The molecule has 2 nitrogen and oxygen atoms in total. The summed E-state index contributed by atoms with van der Waals surface area (Å²) in [5.74, 6) is 0. The van der Waals surface area contributed by atoms with Crippen molar-refractivity contribution in [3.8, 4) is 22.3 Å². The highest BCUT2D eigenvalue weighted by atomic mass is 32.1. The zero-order chi connectivity index (χ0) is 34.9. The van der Waals surface area contributed by atoms with Gasteiger partial charge in [-0.15, -0.1) is 11.3 Å². The van der Waals surface area contributed by atoms with E-state index in [1.165, 1.54) is 52.8 Å². The molecule has 0 unspecified atom stereocenters. The van der Waals surface area contributed by atoms with Crippen molar-refractivity contribution in [3.63, 3.8) is 0 Å². The predicted octanol–water partition coefficient (Wildman–Crippen LogP) is 15.1. The molecule has 0 saturated carbocycles. The van der Waals surface area contributed by atoms with Gasteiger partial charge >= 0.3 is 0 Å². The van der Waals surface area contributed by atoms with Gasteiger partial charge in [0.2, 0.25) is 0 Å². The number of rotatable bonds is 5. The fourth-order valence-electron chi connectivity index (χ4n) is 8.05. The smallest absolute Gasteiger partial charge is 0.136 e. The summed E-state index contributed by atoms with van der Waals surface area (Å²) in [6.45, 7) is 0. The Balaban J connectivity index is 1.14. The molecule has 0 bridgehead atoms. The second-order valence-electron chi connectivity index (χ2n) is 13.7. The van der Waals surface area contributed by atoms with Crippen LogP contribution in [-0.2, 0) is 0 Å². The third-order valence-corrected chi connectivity index (χ3v) is 11.8. The Kier molecular flexibility index (Phi) is 6.76. The highest BCUT2D eigenvalue weighted by Crippen LogP contribution is 2.48. The third kappa shape index (κ3) is 4.93. The summed E-state index contributed by atoms with van der Waals surface area (Å²) in [6, 6.07) is 68.2. The van der Waals surface area contributed by atoms with E-state index in [0.717, 1.165) is 50.1 Å². The van der Waals surface area contributed by atoms with Gasteiger partial charge in [-0.05, 0) is 98.9 Å². The van der Waals surface area contributed by atoms with Gasteiger partial charge in [0.05, 0.1) is 16.1 Å². The third-order valence-electron chi connectivity index (χ3n) is 10.6. The molecule has 0 N–H and O–H groups in total. The Morgan fingerprint density at radius 2 is 1.04 bits per heavy atom. The summed E-state index contributed by atoms with van der Waals surface area (Å²) < 4.78 is 8.97. The van der Waals surface area contributed by atoms with Crippen LogP contribution in [0.3, 0.4) is 0 Å². The van der Waals surface area contributed by atoms with Crippen LogP contribution in [0, 0.1) is 0 Å². The highest BCUT2D eigenvalue weighted by molar-refractivity contribution is 7.26. The minimum atomic E-state index is 0.895. The predicted molar refractivity (Wildman–Crippen MR) is 227 cm³/mol. The number of hydrogen-bond acceptors (Lipinski definition) is 3. The average molecular weight is 694 g/mol. The summed E-state index contributed by atoms with van der Waals surface area (Å²) >= 11 is 1.86. The zero-order valence-electron chi connectivity index (χ0n) is 28.7. The van der Waals surface area contributed by atoms with Crippen LogP contribution in [0.1, 0.15) is 0 Å². The lowest BCUT2D eigenvalue weighted by Gasteiger charge is -2.29. The number of nitrogens with zero attached hydrogens (tertiary/aromatic N) is 1. The van der Waals surface area contributed by atoms with Crippen LogP contribution in [0.4, 0.5) is 17.1 Å². The summed E-state index contributed by atoms with van der Waals surface area (Å²) in [7, 11) is 0. The number of thiophene rings is 1. The summed E-state index contributed by atoms with van der Waals surface area (Å²) in [6.07, 6.45) is 0. The molecule has 11 rings (SSSR count). The van der Waals surface area contributed by atoms with Crippen LogP contribution in [-0.4, -0.2) is 0 Å². The molecule has 0 aliphatic rings. The molecule has 2 heterocycles. The highest BCUT2D eigenvalue weighted by Gasteiger charge is 2.22. The molecule has 0 fully saturated rings. The zero-order valence-corrected chi connectivity index (χ0v) is 29.5. The van der Waals surface area contributed by atoms with Gasteiger partial charge in [0, 0.05) is 37.5 Å². The molecule has 0 spiro atoms. The fourth-order valence-corrected chi connectivity index (χ4v) is 9.26. The van der Waals surface area contributed by atoms with E-state index in [4.69, 9.17) is 4.42 Å². The minimum absolute atomic E-state index is 0.895. The second kappa shape index (κ2) is 11.9. The van der Waals surface area contributed by atoms with Crippen molar-refractivity contribution >= 4 is 92.1 Å². The van der Waals surface area contributed by atoms with E-state index in [1.807, 2.05) is 11.3 Å². The number of fused-ring (bicyclic) bond motifs is 8. The standard InChI is InChI=1S/C50H31NOS/c1-2-12-33-27-37(24-23-32(33)11-1)34-15-9-16-39(28-34)51(46-21-10-19-42-41-18-6-8-22-49(41)53-50(42)46)45-20-7-5-17-40(45)38-25-26-47-43(30-38)44-29-35-13-3-4-14-36(35)31-48(44)52-47/h1-31H. The van der Waals surface area contributed by atoms with Crippen LogP contribution in [0.25, 0.3) is 85.9 Å². The number of benzene rings is 9.